The van der Waals surface area contributed by atoms with Gasteiger partial charge in [0.1, 0.15) is 21.2 Å². The Bertz CT molecular complexity index is 918. The van der Waals surface area contributed by atoms with Crippen LogP contribution in [0.1, 0.15) is 37.8 Å². The standard InChI is InChI=1S/C18H23B2N3S/c1-9(2)10(3)14-15(19)11(4)16(20)18(24)17(14)23-13-8-6-5-7-12(13)21-22-23/h5-10,24H,19-20H2,1-4H3. The van der Waals surface area contributed by atoms with Gasteiger partial charge in [0.05, 0.1) is 11.2 Å². The fraction of sp³-hybridized carbons (Fsp3) is 0.333. The molecule has 1 heterocycles. The number of rotatable bonds is 3. The quantitative estimate of drug-likeness (QED) is 0.578. The van der Waals surface area contributed by atoms with E-state index in [1.54, 1.807) is 0 Å². The molecule has 0 aliphatic heterocycles. The van der Waals surface area contributed by atoms with Gasteiger partial charge in [-0.1, -0.05) is 54.6 Å². The van der Waals surface area contributed by atoms with Crippen LogP contribution < -0.4 is 10.9 Å². The molecule has 0 fully saturated rings. The molecule has 3 aromatic rings. The summed E-state index contributed by atoms with van der Waals surface area (Å²) in [6, 6.07) is 8.08. The zero-order valence-electron chi connectivity index (χ0n) is 15.3. The van der Waals surface area contributed by atoms with Gasteiger partial charge in [-0.25, -0.2) is 4.68 Å². The summed E-state index contributed by atoms with van der Waals surface area (Å²) in [5.41, 5.74) is 8.20. The molecule has 0 radical (unpaired) electrons. The Kier molecular flexibility index (Phi) is 4.52. The van der Waals surface area contributed by atoms with Gasteiger partial charge in [0.2, 0.25) is 0 Å². The Hall–Kier alpha value is -1.68. The Morgan fingerprint density at radius 1 is 1.08 bits per heavy atom. The molecule has 0 N–H and O–H groups in total. The molecule has 3 nitrogen and oxygen atoms in total. The Labute approximate surface area is 151 Å². The second kappa shape index (κ2) is 6.32. The molecule has 1 aromatic heterocycles. The van der Waals surface area contributed by atoms with Crippen molar-refractivity contribution in [3.8, 4) is 5.69 Å². The van der Waals surface area contributed by atoms with Crippen LogP contribution in [0.15, 0.2) is 29.2 Å². The molecule has 0 aliphatic carbocycles. The Morgan fingerprint density at radius 3 is 2.42 bits per heavy atom. The molecule has 1 unspecified atom stereocenters. The van der Waals surface area contributed by atoms with Gasteiger partial charge in [0.15, 0.2) is 0 Å². The number of nitrogens with zero attached hydrogens (tertiary/aromatic N) is 3. The topological polar surface area (TPSA) is 30.7 Å². The monoisotopic (exact) mass is 335 g/mol. The predicted molar refractivity (Wildman–Crippen MR) is 110 cm³/mol. The first-order valence-corrected chi connectivity index (χ1v) is 8.92. The zero-order chi connectivity index (χ0) is 17.6. The molecule has 0 aliphatic rings. The molecular weight excluding hydrogens is 312 g/mol. The second-order valence-corrected chi connectivity index (χ2v) is 7.46. The maximum Gasteiger partial charge on any atom is 0.141 e. The lowest BCUT2D eigenvalue weighted by atomic mass is 9.73. The first kappa shape index (κ1) is 17.2. The number of benzene rings is 2. The van der Waals surface area contributed by atoms with E-state index >= 15 is 0 Å². The van der Waals surface area contributed by atoms with Crippen LogP contribution in [-0.2, 0) is 0 Å². The summed E-state index contributed by atoms with van der Waals surface area (Å²) < 4.78 is 1.96. The summed E-state index contributed by atoms with van der Waals surface area (Å²) in [5.74, 6) is 0.945. The van der Waals surface area contributed by atoms with Crippen LogP contribution in [-0.4, -0.2) is 30.7 Å². The second-order valence-electron chi connectivity index (χ2n) is 7.01. The number of aromatic nitrogens is 3. The summed E-state index contributed by atoms with van der Waals surface area (Å²) in [4.78, 5) is 0.997. The van der Waals surface area contributed by atoms with Crippen molar-refractivity contribution in [1.82, 2.24) is 15.0 Å². The average Bonchev–Trinajstić information content (AvgIpc) is 2.99. The molecule has 24 heavy (non-hydrogen) atoms. The largest absolute Gasteiger partial charge is 0.211 e. The van der Waals surface area contributed by atoms with Gasteiger partial charge in [0.25, 0.3) is 0 Å². The number of thiol groups is 1. The molecule has 1 atom stereocenters. The maximum absolute atomic E-state index is 4.88. The molecular formula is C18H23B2N3S. The highest BCUT2D eigenvalue weighted by atomic mass is 32.1. The average molecular weight is 335 g/mol. The summed E-state index contributed by atoms with van der Waals surface area (Å²) >= 11 is 4.88. The van der Waals surface area contributed by atoms with Gasteiger partial charge in [-0.3, -0.25) is 0 Å². The zero-order valence-corrected chi connectivity index (χ0v) is 16.1. The van der Waals surface area contributed by atoms with Crippen LogP contribution in [0.4, 0.5) is 0 Å². The number of fused-ring (bicyclic) bond motifs is 1. The highest BCUT2D eigenvalue weighted by Crippen LogP contribution is 2.32. The minimum atomic E-state index is 0.410. The number of hydrogen-bond acceptors (Lipinski definition) is 3. The normalized spacial score (nSPS) is 12.9. The van der Waals surface area contributed by atoms with Crippen molar-refractivity contribution in [1.29, 1.82) is 0 Å². The predicted octanol–water partition coefficient (Wildman–Crippen LogP) is 1.29. The van der Waals surface area contributed by atoms with E-state index in [1.807, 2.05) is 22.9 Å². The number of hydrogen-bond donors (Lipinski definition) is 1. The van der Waals surface area contributed by atoms with Crippen molar-refractivity contribution in [2.24, 2.45) is 5.92 Å². The van der Waals surface area contributed by atoms with E-state index in [9.17, 15) is 0 Å². The smallest absolute Gasteiger partial charge is 0.141 e. The van der Waals surface area contributed by atoms with Gasteiger partial charge < -0.3 is 0 Å². The van der Waals surface area contributed by atoms with Crippen molar-refractivity contribution in [2.75, 3.05) is 0 Å². The fourth-order valence-corrected chi connectivity index (χ4v) is 3.67. The highest BCUT2D eigenvalue weighted by molar-refractivity contribution is 7.80. The lowest BCUT2D eigenvalue weighted by Gasteiger charge is -2.27. The van der Waals surface area contributed by atoms with Crippen molar-refractivity contribution in [3.05, 3.63) is 35.4 Å². The number of para-hydroxylation sites is 1. The van der Waals surface area contributed by atoms with Crippen LogP contribution in [0.25, 0.3) is 16.7 Å². The van der Waals surface area contributed by atoms with Crippen molar-refractivity contribution >= 4 is 50.3 Å². The van der Waals surface area contributed by atoms with E-state index in [4.69, 9.17) is 12.6 Å². The summed E-state index contributed by atoms with van der Waals surface area (Å²) in [6.45, 7) is 9.00. The maximum atomic E-state index is 4.88. The van der Waals surface area contributed by atoms with Gasteiger partial charge in [-0.15, -0.1) is 17.7 Å². The third-order valence-corrected chi connectivity index (χ3v) is 5.93. The first-order valence-electron chi connectivity index (χ1n) is 8.48. The molecule has 122 valence electrons. The molecule has 0 spiro atoms. The van der Waals surface area contributed by atoms with Crippen LogP contribution in [0.3, 0.4) is 0 Å². The molecule has 0 amide bonds. The van der Waals surface area contributed by atoms with Crippen molar-refractivity contribution in [2.45, 2.75) is 38.5 Å². The third kappa shape index (κ3) is 2.57. The molecule has 3 rings (SSSR count). The van der Waals surface area contributed by atoms with E-state index < -0.39 is 0 Å². The van der Waals surface area contributed by atoms with Crippen molar-refractivity contribution < 1.29 is 0 Å². The van der Waals surface area contributed by atoms with Crippen LogP contribution in [0.5, 0.6) is 0 Å². The van der Waals surface area contributed by atoms with Crippen molar-refractivity contribution in [3.63, 3.8) is 0 Å². The van der Waals surface area contributed by atoms with E-state index in [0.29, 0.717) is 11.8 Å². The highest BCUT2D eigenvalue weighted by Gasteiger charge is 2.24. The molecule has 6 heteroatoms. The third-order valence-electron chi connectivity index (χ3n) is 5.38. The SMILES string of the molecule is Bc1c(C)c(B)c(C(C)C(C)C)c(-n2nnc3ccccc32)c1S. The Balaban J connectivity index is 2.42. The van der Waals surface area contributed by atoms with E-state index in [-0.39, 0.29) is 0 Å². The molecule has 0 saturated carbocycles. The summed E-state index contributed by atoms with van der Waals surface area (Å²) in [6.07, 6.45) is 0. The first-order chi connectivity index (χ1) is 11.3. The molecule has 0 bridgehead atoms. The summed E-state index contributed by atoms with van der Waals surface area (Å²) in [7, 11) is 4.35. The van der Waals surface area contributed by atoms with E-state index in [2.05, 4.69) is 59.8 Å². The lowest BCUT2D eigenvalue weighted by Crippen LogP contribution is -2.30. The van der Waals surface area contributed by atoms with E-state index in [0.717, 1.165) is 21.6 Å². The van der Waals surface area contributed by atoms with Crippen LogP contribution in [0, 0.1) is 12.8 Å². The molecule has 0 saturated heterocycles. The van der Waals surface area contributed by atoms with Gasteiger partial charge in [0, 0.05) is 4.90 Å². The van der Waals surface area contributed by atoms with Gasteiger partial charge in [-0.05, 0) is 36.5 Å². The van der Waals surface area contributed by atoms with Crippen LogP contribution in [0.2, 0.25) is 0 Å². The van der Waals surface area contributed by atoms with E-state index in [1.165, 1.54) is 22.1 Å². The minimum Gasteiger partial charge on any atom is -0.211 e. The summed E-state index contributed by atoms with van der Waals surface area (Å²) in [5, 5.41) is 8.80. The Morgan fingerprint density at radius 2 is 1.75 bits per heavy atom. The molecule has 2 aromatic carbocycles. The van der Waals surface area contributed by atoms with Gasteiger partial charge >= 0.3 is 0 Å². The minimum absolute atomic E-state index is 0.410. The lowest BCUT2D eigenvalue weighted by molar-refractivity contribution is 0.533. The fourth-order valence-electron chi connectivity index (χ4n) is 3.28. The van der Waals surface area contributed by atoms with Crippen LogP contribution >= 0.6 is 12.6 Å². The van der Waals surface area contributed by atoms with Gasteiger partial charge in [-0.2, -0.15) is 0 Å².